The van der Waals surface area contributed by atoms with E-state index in [-0.39, 0.29) is 32.0 Å². The normalized spacial score (nSPS) is 13.7. The Kier molecular flexibility index (Phi) is 67.4. The van der Waals surface area contributed by atoms with E-state index in [0.29, 0.717) is 17.4 Å². The Morgan fingerprint density at radius 2 is 0.633 bits per heavy atom. The second-order valence-electron chi connectivity index (χ2n) is 26.3. The molecule has 0 aliphatic rings. The van der Waals surface area contributed by atoms with Crippen molar-refractivity contribution in [3.63, 3.8) is 0 Å². The third kappa shape index (κ3) is 73.7. The molecule has 9 nitrogen and oxygen atoms in total. The highest BCUT2D eigenvalue weighted by Gasteiger charge is 2.27. The molecule has 0 saturated heterocycles. The van der Waals surface area contributed by atoms with E-state index < -0.39 is 26.5 Å². The van der Waals surface area contributed by atoms with Crippen LogP contribution in [0.15, 0.2) is 109 Å². The highest BCUT2D eigenvalue weighted by atomic mass is 31.2. The quantitative estimate of drug-likeness (QED) is 0.0211. The molecule has 0 heterocycles. The molecule has 10 heteroatoms. The number of phosphoric acid groups is 1. The van der Waals surface area contributed by atoms with Crippen molar-refractivity contribution in [2.45, 2.75) is 341 Å². The Balaban J connectivity index is 4.00. The number of likely N-dealkylation sites (N-methyl/N-ethyl adjacent to an activating group) is 1. The van der Waals surface area contributed by atoms with E-state index in [0.717, 1.165) is 96.3 Å². The summed E-state index contributed by atoms with van der Waals surface area (Å²) in [6.07, 6.45) is 99.3. The minimum atomic E-state index is -4.40. The molecule has 0 rings (SSSR count). The van der Waals surface area contributed by atoms with Gasteiger partial charge in [-0.05, 0) is 103 Å². The lowest BCUT2D eigenvalue weighted by Gasteiger charge is -2.24. The van der Waals surface area contributed by atoms with Gasteiger partial charge in [-0.25, -0.2) is 4.57 Å². The van der Waals surface area contributed by atoms with Crippen molar-refractivity contribution >= 4 is 19.8 Å². The van der Waals surface area contributed by atoms with E-state index in [1.807, 2.05) is 21.1 Å². The van der Waals surface area contributed by atoms with Gasteiger partial charge in [0.1, 0.15) is 19.8 Å². The summed E-state index contributed by atoms with van der Waals surface area (Å²) in [6, 6.07) is 0. The van der Waals surface area contributed by atoms with Crippen molar-refractivity contribution in [3.05, 3.63) is 109 Å². The summed E-state index contributed by atoms with van der Waals surface area (Å²) in [5, 5.41) is 0. The summed E-state index contributed by atoms with van der Waals surface area (Å²) in [5.74, 6) is -0.803. The van der Waals surface area contributed by atoms with Gasteiger partial charge in [0.25, 0.3) is 0 Å². The fourth-order valence-electron chi connectivity index (χ4n) is 10.6. The van der Waals surface area contributed by atoms with Crippen molar-refractivity contribution in [2.24, 2.45) is 0 Å². The van der Waals surface area contributed by atoms with Gasteiger partial charge in [-0.2, -0.15) is 0 Å². The Bertz CT molecular complexity index is 1890. The molecule has 0 aromatic heterocycles. The molecular formula is C80H143NO8P+. The first kappa shape index (κ1) is 86.7. The zero-order valence-corrected chi connectivity index (χ0v) is 60.2. The minimum Gasteiger partial charge on any atom is -0.462 e. The van der Waals surface area contributed by atoms with Crippen molar-refractivity contribution in [3.8, 4) is 0 Å². The fraction of sp³-hybridized carbons (Fsp3) is 0.750. The maximum absolute atomic E-state index is 12.9. The molecule has 520 valence electrons. The van der Waals surface area contributed by atoms with Crippen LogP contribution in [0.1, 0.15) is 335 Å². The van der Waals surface area contributed by atoms with E-state index in [1.165, 1.54) is 205 Å². The highest BCUT2D eigenvalue weighted by Crippen LogP contribution is 2.43. The Morgan fingerprint density at radius 3 is 0.944 bits per heavy atom. The molecule has 0 radical (unpaired) electrons. The first-order chi connectivity index (χ1) is 44.0. The maximum Gasteiger partial charge on any atom is 0.472 e. The summed E-state index contributed by atoms with van der Waals surface area (Å²) < 4.78 is 34.8. The number of phosphoric ester groups is 1. The van der Waals surface area contributed by atoms with Gasteiger partial charge in [-0.15, -0.1) is 0 Å². The van der Waals surface area contributed by atoms with E-state index in [4.69, 9.17) is 18.5 Å². The van der Waals surface area contributed by atoms with Gasteiger partial charge >= 0.3 is 19.8 Å². The van der Waals surface area contributed by atoms with Crippen LogP contribution in [0.3, 0.4) is 0 Å². The maximum atomic E-state index is 12.9. The molecule has 0 aliphatic heterocycles. The van der Waals surface area contributed by atoms with Crippen LogP contribution in [0.4, 0.5) is 0 Å². The van der Waals surface area contributed by atoms with Crippen molar-refractivity contribution < 1.29 is 42.1 Å². The molecule has 2 unspecified atom stereocenters. The summed E-state index contributed by atoms with van der Waals surface area (Å²) in [5.41, 5.74) is 0. The van der Waals surface area contributed by atoms with Gasteiger partial charge in [0, 0.05) is 12.8 Å². The lowest BCUT2D eigenvalue weighted by molar-refractivity contribution is -0.870. The molecular weight excluding hydrogens is 1130 g/mol. The number of hydrogen-bond acceptors (Lipinski definition) is 7. The molecule has 2 atom stereocenters. The highest BCUT2D eigenvalue weighted by molar-refractivity contribution is 7.47. The zero-order valence-electron chi connectivity index (χ0n) is 59.4. The predicted molar refractivity (Wildman–Crippen MR) is 390 cm³/mol. The Labute approximate surface area is 556 Å². The smallest absolute Gasteiger partial charge is 0.462 e. The molecule has 0 aromatic carbocycles. The number of unbranched alkanes of at least 4 members (excludes halogenated alkanes) is 37. The average molecular weight is 1280 g/mol. The van der Waals surface area contributed by atoms with Crippen LogP contribution in [0.25, 0.3) is 0 Å². The van der Waals surface area contributed by atoms with E-state index in [1.54, 1.807) is 0 Å². The molecule has 0 spiro atoms. The number of hydrogen-bond donors (Lipinski definition) is 1. The number of nitrogens with zero attached hydrogens (tertiary/aromatic N) is 1. The van der Waals surface area contributed by atoms with Crippen LogP contribution in [0, 0.1) is 0 Å². The molecule has 0 bridgehead atoms. The largest absolute Gasteiger partial charge is 0.472 e. The van der Waals surface area contributed by atoms with Gasteiger partial charge in [0.05, 0.1) is 27.7 Å². The van der Waals surface area contributed by atoms with E-state index >= 15 is 0 Å². The third-order valence-electron chi connectivity index (χ3n) is 16.3. The summed E-state index contributed by atoms with van der Waals surface area (Å²) >= 11 is 0. The fourth-order valence-corrected chi connectivity index (χ4v) is 11.3. The van der Waals surface area contributed by atoms with Crippen LogP contribution in [-0.2, 0) is 32.7 Å². The number of ether oxygens (including phenoxy) is 2. The summed E-state index contributed by atoms with van der Waals surface area (Å²) in [6.45, 7) is 4.33. The number of rotatable bonds is 69. The summed E-state index contributed by atoms with van der Waals surface area (Å²) in [4.78, 5) is 35.9. The van der Waals surface area contributed by atoms with Gasteiger partial charge in [0.2, 0.25) is 0 Å². The van der Waals surface area contributed by atoms with E-state index in [2.05, 4.69) is 123 Å². The van der Waals surface area contributed by atoms with Crippen LogP contribution < -0.4 is 0 Å². The van der Waals surface area contributed by atoms with Crippen LogP contribution in [-0.4, -0.2) is 74.9 Å². The predicted octanol–water partition coefficient (Wildman–Crippen LogP) is 24.8. The molecule has 90 heavy (non-hydrogen) atoms. The topological polar surface area (TPSA) is 108 Å². The van der Waals surface area contributed by atoms with Gasteiger partial charge in [0.15, 0.2) is 6.10 Å². The molecule has 0 fully saturated rings. The van der Waals surface area contributed by atoms with Gasteiger partial charge < -0.3 is 18.9 Å². The molecule has 0 saturated carbocycles. The van der Waals surface area contributed by atoms with Gasteiger partial charge in [-0.3, -0.25) is 18.6 Å². The third-order valence-corrected chi connectivity index (χ3v) is 17.3. The van der Waals surface area contributed by atoms with Crippen molar-refractivity contribution in [1.29, 1.82) is 0 Å². The van der Waals surface area contributed by atoms with Crippen LogP contribution in [0.5, 0.6) is 0 Å². The number of quaternary nitrogens is 1. The first-order valence-electron chi connectivity index (χ1n) is 37.6. The van der Waals surface area contributed by atoms with Crippen LogP contribution in [0.2, 0.25) is 0 Å². The Morgan fingerprint density at radius 1 is 0.356 bits per heavy atom. The lowest BCUT2D eigenvalue weighted by Crippen LogP contribution is -2.37. The van der Waals surface area contributed by atoms with Crippen molar-refractivity contribution in [2.75, 3.05) is 47.5 Å². The second-order valence-corrected chi connectivity index (χ2v) is 27.8. The second kappa shape index (κ2) is 70.0. The number of esters is 2. The SMILES string of the molecule is CC/C=C\C/C=C\C/C=C\C/C=C\C/C=C\C/C=C\C/C=C\CCCCCCCCCC(=O)OC(COC(=O)CCCCCCCCCCCCCCCCCCCCCCCCCCC/C=C\C/C=C\CCCCCCC)COP(=O)(O)OCC[N+](C)(C)C. The van der Waals surface area contributed by atoms with E-state index in [9.17, 15) is 19.0 Å². The van der Waals surface area contributed by atoms with Crippen LogP contribution >= 0.6 is 7.82 Å². The standard InChI is InChI=1S/C80H142NO8P/c1-6-8-10-12-14-16-18-20-22-24-26-28-30-32-34-36-37-38-39-40-41-42-43-45-46-48-50-52-54-56-58-60-62-64-66-68-70-72-79(82)86-76-78(77-88-90(84,85)87-75-74-81(3,4)5)89-80(83)73-71-69-67-65-63-61-59-57-55-53-51-49-47-44-35-33-31-29-27-25-23-21-19-17-15-13-11-9-7-2/h9,11,15,17-18,20-21,23-24,26-27,29,33,35,47,49,53,55,78H,6-8,10,12-14,16,19,22,25,28,30-32,34,36-46,48,50-52,54,56-77H2,1-5H3/p+1/b11-9-,17-15-,20-18-,23-21-,26-24-,29-27-,35-33-,49-47-,55-53-. The Hall–Kier alpha value is -3.33. The average Bonchev–Trinajstić information content (AvgIpc) is 3.58. The summed E-state index contributed by atoms with van der Waals surface area (Å²) in [7, 11) is 1.47. The minimum absolute atomic E-state index is 0.0257. The number of allylic oxidation sites excluding steroid dienone is 18. The molecule has 0 aromatic rings. The zero-order chi connectivity index (χ0) is 65.5. The van der Waals surface area contributed by atoms with Crippen molar-refractivity contribution in [1.82, 2.24) is 0 Å². The first-order valence-corrected chi connectivity index (χ1v) is 39.1. The molecule has 1 N–H and O–H groups in total. The molecule has 0 amide bonds. The van der Waals surface area contributed by atoms with Gasteiger partial charge in [-0.1, -0.05) is 329 Å². The number of carbonyl (C=O) groups excluding carboxylic acids is 2. The molecule has 0 aliphatic carbocycles. The monoisotopic (exact) mass is 1280 g/mol. The lowest BCUT2D eigenvalue weighted by atomic mass is 10.0. The number of carbonyl (C=O) groups is 2.